The summed E-state index contributed by atoms with van der Waals surface area (Å²) in [5.41, 5.74) is 0. The van der Waals surface area contributed by atoms with Crippen LogP contribution in [0.25, 0.3) is 0 Å². The van der Waals surface area contributed by atoms with Gasteiger partial charge in [-0.2, -0.15) is 0 Å². The molecule has 0 aliphatic carbocycles. The van der Waals surface area contributed by atoms with Gasteiger partial charge in [0, 0.05) is 26.2 Å². The molecule has 3 unspecified atom stereocenters. The first kappa shape index (κ1) is 36.7. The Morgan fingerprint density at radius 2 is 0.677 bits per heavy atom. The van der Waals surface area contributed by atoms with Crippen LogP contribution in [0.3, 0.4) is 0 Å². The number of carbonyl (C=O) groups excluding carboxylic acids is 3. The van der Waals surface area contributed by atoms with E-state index in [2.05, 4.69) is 0 Å². The zero-order chi connectivity index (χ0) is 24.4. The fraction of sp³-hybridized carbons (Fsp3) is 0.714. The Morgan fingerprint density at radius 1 is 0.516 bits per heavy atom. The molecule has 10 heteroatoms. The number of aliphatic carboxylic acids is 3. The molecule has 0 aliphatic rings. The zero-order valence-corrected chi connectivity index (χ0v) is 21.7. The first-order valence-corrected chi connectivity index (χ1v) is 9.97. The molecule has 0 radical (unpaired) electrons. The second-order valence-electron chi connectivity index (χ2n) is 6.87. The van der Waals surface area contributed by atoms with Crippen LogP contribution in [0, 0.1) is 17.8 Å². The molecule has 31 heavy (non-hydrogen) atoms. The number of hydrogen-bond donors (Lipinski definition) is 3. The first-order valence-electron chi connectivity index (χ1n) is 9.97. The molecule has 0 aromatic carbocycles. The third-order valence-electron chi connectivity index (χ3n) is 4.10. The van der Waals surface area contributed by atoms with Crippen LogP contribution in [0.4, 0.5) is 0 Å². The van der Waals surface area contributed by atoms with E-state index in [1.807, 2.05) is 20.8 Å². The summed E-state index contributed by atoms with van der Waals surface area (Å²) in [4.78, 5) is 62.7. The van der Waals surface area contributed by atoms with Gasteiger partial charge in [0.15, 0.2) is 0 Å². The van der Waals surface area contributed by atoms with Gasteiger partial charge in [0.1, 0.15) is 35.1 Å². The number of ketones is 3. The summed E-state index contributed by atoms with van der Waals surface area (Å²) < 4.78 is 0. The largest absolute Gasteiger partial charge is 0.481 e. The fourth-order valence-electron chi connectivity index (χ4n) is 2.37. The van der Waals surface area contributed by atoms with Gasteiger partial charge in [0.25, 0.3) is 0 Å². The van der Waals surface area contributed by atoms with Crippen molar-refractivity contribution in [2.24, 2.45) is 17.8 Å². The van der Waals surface area contributed by atoms with Crippen molar-refractivity contribution in [3.05, 3.63) is 0 Å². The number of carboxylic acid groups (broad SMARTS) is 3. The minimum atomic E-state index is -1.01. The number of carbonyl (C=O) groups is 6. The average Bonchev–Trinajstić information content (AvgIpc) is 2.61. The maximum atomic E-state index is 10.6. The van der Waals surface area contributed by atoms with Gasteiger partial charge in [-0.15, -0.1) is 0 Å². The maximum absolute atomic E-state index is 10.6. The van der Waals surface area contributed by atoms with E-state index >= 15 is 0 Å². The molecule has 3 N–H and O–H groups in total. The Kier molecular flexibility index (Phi) is 25.5. The molecule has 9 nitrogen and oxygen atoms in total. The van der Waals surface area contributed by atoms with E-state index in [4.69, 9.17) is 15.3 Å². The van der Waals surface area contributed by atoms with Gasteiger partial charge in [0.2, 0.25) is 0 Å². The van der Waals surface area contributed by atoms with Crippen molar-refractivity contribution in [1.29, 1.82) is 0 Å². The summed E-state index contributed by atoms with van der Waals surface area (Å²) in [6.07, 6.45) is 3.55. The predicted octanol–water partition coefficient (Wildman–Crippen LogP) is 3.23. The molecule has 3 atom stereocenters. The van der Waals surface area contributed by atoms with E-state index < -0.39 is 35.7 Å². The molecule has 0 saturated heterocycles. The fourth-order valence-corrected chi connectivity index (χ4v) is 2.37. The van der Waals surface area contributed by atoms with Crippen molar-refractivity contribution < 1.29 is 70.3 Å². The number of Topliss-reactive ketones (excluding diaryl/α,β-unsaturated/α-hetero) is 3. The van der Waals surface area contributed by atoms with Gasteiger partial charge < -0.3 is 15.3 Å². The second-order valence-corrected chi connectivity index (χ2v) is 6.87. The topological polar surface area (TPSA) is 163 Å². The minimum Gasteiger partial charge on any atom is -0.481 e. The molecule has 0 fully saturated rings. The third-order valence-corrected chi connectivity index (χ3v) is 4.10. The van der Waals surface area contributed by atoms with Crippen molar-refractivity contribution in [3.63, 3.8) is 0 Å². The average molecular weight is 524 g/mol. The van der Waals surface area contributed by atoms with Crippen LogP contribution in [-0.4, -0.2) is 50.6 Å². The summed E-state index contributed by atoms with van der Waals surface area (Å²) in [6, 6.07) is 0. The Bertz CT molecular complexity index is 465. The number of carboxylic acids is 3. The Balaban J connectivity index is -0.000000174. The first-order chi connectivity index (χ1) is 13.8. The smallest absolute Gasteiger partial charge is 0.314 e. The van der Waals surface area contributed by atoms with Gasteiger partial charge in [-0.3, -0.25) is 28.8 Å². The maximum Gasteiger partial charge on any atom is 0.314 e. The molecule has 0 amide bonds. The molecule has 0 heterocycles. The van der Waals surface area contributed by atoms with Gasteiger partial charge in [-0.1, -0.05) is 40.0 Å². The van der Waals surface area contributed by atoms with Crippen LogP contribution in [0.2, 0.25) is 0 Å². The van der Waals surface area contributed by atoms with E-state index in [0.29, 0.717) is 19.3 Å². The number of rotatable bonds is 12. The molecule has 178 valence electrons. The van der Waals surface area contributed by atoms with Gasteiger partial charge >= 0.3 is 17.9 Å². The van der Waals surface area contributed by atoms with Gasteiger partial charge in [-0.25, -0.2) is 0 Å². The normalized spacial score (nSPS) is 12.2. The SMILES string of the molecule is CCCC(C(C)=O)C(=O)O.CCCC(C(C)=O)C(=O)O.CCCC(C(C)=O)C(=O)O.[Zr]. The number of hydrogen-bond acceptors (Lipinski definition) is 6. The molecular formula is C21H36O9Zr. The quantitative estimate of drug-likeness (QED) is 0.326. The summed E-state index contributed by atoms with van der Waals surface area (Å²) >= 11 is 0. The van der Waals surface area contributed by atoms with Crippen LogP contribution in [0.15, 0.2) is 0 Å². The zero-order valence-electron chi connectivity index (χ0n) is 19.3. The molecule has 0 saturated carbocycles. The van der Waals surface area contributed by atoms with E-state index in [1.165, 1.54) is 20.8 Å². The molecular weight excluding hydrogens is 487 g/mol. The van der Waals surface area contributed by atoms with E-state index in [9.17, 15) is 28.8 Å². The van der Waals surface area contributed by atoms with Crippen molar-refractivity contribution in [2.45, 2.75) is 80.1 Å². The van der Waals surface area contributed by atoms with E-state index in [0.717, 1.165) is 19.3 Å². The predicted molar refractivity (Wildman–Crippen MR) is 110 cm³/mol. The summed E-state index contributed by atoms with van der Waals surface area (Å²) in [6.45, 7) is 9.52. The van der Waals surface area contributed by atoms with Gasteiger partial charge in [-0.05, 0) is 40.0 Å². The molecule has 0 aromatic rings. The molecule has 0 aliphatic heterocycles. The summed E-state index contributed by atoms with van der Waals surface area (Å²) in [7, 11) is 0. The minimum absolute atomic E-state index is 0. The third kappa shape index (κ3) is 20.0. The Hall–Kier alpha value is -1.70. The van der Waals surface area contributed by atoms with Crippen LogP contribution in [0.1, 0.15) is 80.1 Å². The Morgan fingerprint density at radius 3 is 0.710 bits per heavy atom. The van der Waals surface area contributed by atoms with Crippen LogP contribution < -0.4 is 0 Å². The Labute approximate surface area is 203 Å². The van der Waals surface area contributed by atoms with Crippen molar-refractivity contribution in [1.82, 2.24) is 0 Å². The van der Waals surface area contributed by atoms with Crippen LogP contribution in [-0.2, 0) is 55.0 Å². The van der Waals surface area contributed by atoms with E-state index in [1.54, 1.807) is 0 Å². The standard InChI is InChI=1S/3C7H12O3.Zr/c3*1-3-4-6(5(2)8)7(9)10;/h3*6H,3-4H2,1-2H3,(H,9,10);. The van der Waals surface area contributed by atoms with E-state index in [-0.39, 0.29) is 43.6 Å². The monoisotopic (exact) mass is 522 g/mol. The van der Waals surface area contributed by atoms with Gasteiger partial charge in [0.05, 0.1) is 0 Å². The summed E-state index contributed by atoms with van der Waals surface area (Å²) in [5.74, 6) is -6.14. The second kappa shape index (κ2) is 21.5. The molecule has 0 rings (SSSR count). The molecule has 0 aromatic heterocycles. The van der Waals surface area contributed by atoms with Crippen LogP contribution in [0.5, 0.6) is 0 Å². The van der Waals surface area contributed by atoms with Crippen molar-refractivity contribution >= 4 is 35.3 Å². The summed E-state index contributed by atoms with van der Waals surface area (Å²) in [5, 5.41) is 25.4. The van der Waals surface area contributed by atoms with Crippen molar-refractivity contribution in [2.75, 3.05) is 0 Å². The van der Waals surface area contributed by atoms with Crippen molar-refractivity contribution in [3.8, 4) is 0 Å². The molecule has 0 bridgehead atoms. The molecule has 0 spiro atoms. The van der Waals surface area contributed by atoms with Crippen LogP contribution >= 0.6 is 0 Å².